The lowest BCUT2D eigenvalue weighted by Gasteiger charge is -2.17. The number of hydrogen-bond donors (Lipinski definition) is 0. The first-order chi connectivity index (χ1) is 8.16. The van der Waals surface area contributed by atoms with Crippen molar-refractivity contribution in [2.45, 2.75) is 24.2 Å². The van der Waals surface area contributed by atoms with Crippen LogP contribution in [0.3, 0.4) is 0 Å². The third kappa shape index (κ3) is 3.49. The van der Waals surface area contributed by atoms with Crippen LogP contribution in [0.15, 0.2) is 23.1 Å². The minimum Gasteiger partial charge on any atom is -0.336 e. The van der Waals surface area contributed by atoms with Gasteiger partial charge in [-0.05, 0) is 42.2 Å². The minimum absolute atomic E-state index is 0.0500. The lowest BCUT2D eigenvalue weighted by molar-refractivity contribution is 0.235. The second-order valence-electron chi connectivity index (χ2n) is 4.32. The lowest BCUT2D eigenvalue weighted by Crippen LogP contribution is -2.23. The van der Waals surface area contributed by atoms with Crippen LogP contribution in [0.4, 0.5) is 4.79 Å². The number of likely N-dealkylation sites (N-methyl/N-ethyl adjacent to an activating group) is 1. The van der Waals surface area contributed by atoms with Crippen molar-refractivity contribution in [1.29, 1.82) is 0 Å². The summed E-state index contributed by atoms with van der Waals surface area (Å²) in [6.45, 7) is 0.760. The molecular weight excluding hydrogens is 298 g/mol. The van der Waals surface area contributed by atoms with E-state index in [1.165, 1.54) is 34.6 Å². The molecule has 1 aliphatic heterocycles. The summed E-state index contributed by atoms with van der Waals surface area (Å²) in [6.07, 6.45) is 3.40. The van der Waals surface area contributed by atoms with E-state index in [4.69, 9.17) is 0 Å². The van der Waals surface area contributed by atoms with Crippen LogP contribution < -0.4 is 0 Å². The average molecular weight is 314 g/mol. The fraction of sp³-hybridized carbons (Fsp3) is 0.462. The molecule has 0 fully saturated rings. The van der Waals surface area contributed by atoms with E-state index in [9.17, 15) is 4.79 Å². The number of carbonyl (C=O) groups is 1. The van der Waals surface area contributed by atoms with Crippen LogP contribution in [0.1, 0.15) is 17.5 Å². The van der Waals surface area contributed by atoms with Crippen molar-refractivity contribution in [2.24, 2.45) is 0 Å². The zero-order valence-corrected chi connectivity index (χ0v) is 12.3. The van der Waals surface area contributed by atoms with Crippen molar-refractivity contribution in [3.05, 3.63) is 29.3 Å². The Morgan fingerprint density at radius 3 is 3.12 bits per heavy atom. The number of aryl methyl sites for hydroxylation is 1. The Labute approximate surface area is 115 Å². The molecule has 1 aromatic rings. The van der Waals surface area contributed by atoms with Gasteiger partial charge >= 0.3 is 0 Å². The summed E-state index contributed by atoms with van der Waals surface area (Å²) in [7, 11) is 1.81. The molecule has 0 spiro atoms. The van der Waals surface area contributed by atoms with Gasteiger partial charge in [-0.3, -0.25) is 4.79 Å². The van der Waals surface area contributed by atoms with E-state index in [0.717, 1.165) is 13.0 Å². The number of nitrogens with zero attached hydrogens (tertiary/aromatic N) is 1. The van der Waals surface area contributed by atoms with Crippen LogP contribution in [-0.4, -0.2) is 29.1 Å². The maximum Gasteiger partial charge on any atom is 0.289 e. The van der Waals surface area contributed by atoms with Gasteiger partial charge in [0.1, 0.15) is 0 Å². The van der Waals surface area contributed by atoms with E-state index in [1.807, 2.05) is 18.8 Å². The standard InChI is InChI=1S/C13H16BrNOS/c1-15(13(14)16)7-6-10-4-5-12-11(9-10)3-2-8-17-12/h4-5,9H,2-3,6-8H2,1H3. The zero-order valence-electron chi connectivity index (χ0n) is 9.91. The van der Waals surface area contributed by atoms with Crippen LogP contribution in [0.25, 0.3) is 0 Å². The van der Waals surface area contributed by atoms with Crippen molar-refractivity contribution in [2.75, 3.05) is 19.3 Å². The summed E-state index contributed by atoms with van der Waals surface area (Å²) in [4.78, 5) is 14.1. The molecule has 0 aromatic heterocycles. The highest BCUT2D eigenvalue weighted by Gasteiger charge is 2.10. The van der Waals surface area contributed by atoms with Crippen LogP contribution in [0, 0.1) is 0 Å². The number of amides is 1. The van der Waals surface area contributed by atoms with E-state index in [2.05, 4.69) is 34.1 Å². The molecule has 0 unspecified atom stereocenters. The average Bonchev–Trinajstić information content (AvgIpc) is 2.35. The number of benzene rings is 1. The predicted octanol–water partition coefficient (Wildman–Crippen LogP) is 3.71. The molecule has 0 aliphatic carbocycles. The molecule has 0 radical (unpaired) electrons. The predicted molar refractivity (Wildman–Crippen MR) is 76.1 cm³/mol. The van der Waals surface area contributed by atoms with Gasteiger partial charge in [0, 0.05) is 34.4 Å². The molecular formula is C13H16BrNOS. The van der Waals surface area contributed by atoms with Gasteiger partial charge in [-0.2, -0.15) is 0 Å². The molecule has 0 saturated carbocycles. The maximum atomic E-state index is 11.0. The second-order valence-corrected chi connectivity index (χ2v) is 6.13. The highest BCUT2D eigenvalue weighted by molar-refractivity contribution is 9.18. The molecule has 1 aromatic carbocycles. The normalized spacial score (nSPS) is 14.2. The van der Waals surface area contributed by atoms with Gasteiger partial charge in [0.15, 0.2) is 0 Å². The van der Waals surface area contributed by atoms with Gasteiger partial charge in [0.2, 0.25) is 0 Å². The third-order valence-corrected chi connectivity index (χ3v) is 4.82. The highest BCUT2D eigenvalue weighted by Crippen LogP contribution is 2.30. The van der Waals surface area contributed by atoms with Crippen LogP contribution >= 0.6 is 27.7 Å². The van der Waals surface area contributed by atoms with E-state index in [-0.39, 0.29) is 4.82 Å². The van der Waals surface area contributed by atoms with Gasteiger partial charge < -0.3 is 4.90 Å². The summed E-state index contributed by atoms with van der Waals surface area (Å²) in [5.74, 6) is 1.24. The Hall–Kier alpha value is -0.480. The summed E-state index contributed by atoms with van der Waals surface area (Å²) >= 11 is 4.91. The number of fused-ring (bicyclic) bond motifs is 1. The number of carbonyl (C=O) groups excluding carboxylic acids is 1. The largest absolute Gasteiger partial charge is 0.336 e. The number of hydrogen-bond acceptors (Lipinski definition) is 2. The van der Waals surface area contributed by atoms with Crippen molar-refractivity contribution in [3.63, 3.8) is 0 Å². The third-order valence-electron chi connectivity index (χ3n) is 3.01. The molecule has 4 heteroatoms. The van der Waals surface area contributed by atoms with Gasteiger partial charge in [0.05, 0.1) is 0 Å². The SMILES string of the molecule is CN(CCc1ccc2c(c1)CCCS2)C(=O)Br. The molecule has 1 heterocycles. The number of thioether (sulfide) groups is 1. The van der Waals surface area contributed by atoms with E-state index in [1.54, 1.807) is 4.90 Å². The van der Waals surface area contributed by atoms with Crippen molar-refractivity contribution < 1.29 is 4.79 Å². The molecule has 17 heavy (non-hydrogen) atoms. The van der Waals surface area contributed by atoms with E-state index < -0.39 is 0 Å². The molecule has 0 bridgehead atoms. The first kappa shape index (κ1) is 13.0. The van der Waals surface area contributed by atoms with Crippen molar-refractivity contribution >= 4 is 32.5 Å². The quantitative estimate of drug-likeness (QED) is 0.626. The highest BCUT2D eigenvalue weighted by atomic mass is 79.9. The fourth-order valence-corrected chi connectivity index (χ4v) is 3.15. The van der Waals surface area contributed by atoms with Gasteiger partial charge in [0.25, 0.3) is 4.82 Å². The van der Waals surface area contributed by atoms with Gasteiger partial charge in [-0.25, -0.2) is 0 Å². The van der Waals surface area contributed by atoms with Crippen molar-refractivity contribution in [3.8, 4) is 0 Å². The Balaban J connectivity index is 2.00. The van der Waals surface area contributed by atoms with Crippen molar-refractivity contribution in [1.82, 2.24) is 4.90 Å². The lowest BCUT2D eigenvalue weighted by atomic mass is 10.0. The first-order valence-electron chi connectivity index (χ1n) is 5.82. The van der Waals surface area contributed by atoms with Crippen LogP contribution in [0.2, 0.25) is 0 Å². The molecule has 0 atom stereocenters. The van der Waals surface area contributed by atoms with E-state index >= 15 is 0 Å². The van der Waals surface area contributed by atoms with Gasteiger partial charge in [-0.15, -0.1) is 11.8 Å². The summed E-state index contributed by atoms with van der Waals surface area (Å²) in [5, 5.41) is 0. The Morgan fingerprint density at radius 2 is 2.35 bits per heavy atom. The maximum absolute atomic E-state index is 11.0. The topological polar surface area (TPSA) is 20.3 Å². The molecule has 1 aliphatic rings. The molecule has 2 rings (SSSR count). The fourth-order valence-electron chi connectivity index (χ4n) is 1.95. The first-order valence-corrected chi connectivity index (χ1v) is 7.60. The minimum atomic E-state index is -0.0500. The van der Waals surface area contributed by atoms with Crippen LogP contribution in [-0.2, 0) is 12.8 Å². The molecule has 1 amide bonds. The van der Waals surface area contributed by atoms with E-state index in [0.29, 0.717) is 0 Å². The van der Waals surface area contributed by atoms with Crippen LogP contribution in [0.5, 0.6) is 0 Å². The molecule has 0 saturated heterocycles. The van der Waals surface area contributed by atoms with Gasteiger partial charge in [-0.1, -0.05) is 12.1 Å². The smallest absolute Gasteiger partial charge is 0.289 e. The Bertz CT molecular complexity index is 422. The second kappa shape index (κ2) is 5.91. The molecule has 0 N–H and O–H groups in total. The number of halogens is 1. The molecule has 2 nitrogen and oxygen atoms in total. The monoisotopic (exact) mass is 313 g/mol. The Kier molecular flexibility index (Phi) is 4.51. The zero-order chi connectivity index (χ0) is 12.3. The number of rotatable bonds is 3. The summed E-state index contributed by atoms with van der Waals surface area (Å²) in [5.41, 5.74) is 2.80. The molecule has 92 valence electrons. The summed E-state index contributed by atoms with van der Waals surface area (Å²) in [6, 6.07) is 6.71. The summed E-state index contributed by atoms with van der Waals surface area (Å²) < 4.78 is 0. The Morgan fingerprint density at radius 1 is 1.53 bits per heavy atom.